The summed E-state index contributed by atoms with van der Waals surface area (Å²) >= 11 is 0. The molecule has 0 spiro atoms. The summed E-state index contributed by atoms with van der Waals surface area (Å²) in [6.45, 7) is 11.8. The molecule has 1 saturated carbocycles. The predicted molar refractivity (Wildman–Crippen MR) is 105 cm³/mol. The van der Waals surface area contributed by atoms with Crippen molar-refractivity contribution < 1.29 is 18.1 Å². The number of quaternary nitrogens is 1. The van der Waals surface area contributed by atoms with E-state index < -0.39 is 10.0 Å². The molecule has 1 aromatic carbocycles. The number of nitrogens with one attached hydrogen (secondary N) is 2. The van der Waals surface area contributed by atoms with E-state index in [1.165, 1.54) is 0 Å². The van der Waals surface area contributed by atoms with Gasteiger partial charge >= 0.3 is 0 Å². The van der Waals surface area contributed by atoms with Gasteiger partial charge in [0.15, 0.2) is 6.04 Å². The van der Waals surface area contributed by atoms with Gasteiger partial charge in [0.05, 0.1) is 31.1 Å². The second-order valence-electron chi connectivity index (χ2n) is 8.16. The van der Waals surface area contributed by atoms with Crippen molar-refractivity contribution in [1.29, 1.82) is 0 Å². The van der Waals surface area contributed by atoms with E-state index in [0.29, 0.717) is 37.1 Å². The van der Waals surface area contributed by atoms with Gasteiger partial charge in [0, 0.05) is 6.04 Å². The van der Waals surface area contributed by atoms with Crippen molar-refractivity contribution in [3.63, 3.8) is 0 Å². The zero-order valence-electron chi connectivity index (χ0n) is 17.1. The van der Waals surface area contributed by atoms with E-state index >= 15 is 0 Å². The van der Waals surface area contributed by atoms with Crippen LogP contribution in [0.25, 0.3) is 0 Å². The summed E-state index contributed by atoms with van der Waals surface area (Å²) in [4.78, 5) is 13.9. The Morgan fingerprint density at radius 3 is 2.11 bits per heavy atom. The highest BCUT2D eigenvalue weighted by Crippen LogP contribution is 2.28. The second kappa shape index (κ2) is 7.53. The molecule has 2 fully saturated rings. The standard InChI is InChI=1S/C20H31N3O3S/c1-13-12-14(2)16(4)19(15(13)3)27(25,26)23-10-8-22(9-11-23)17(5)20(24)21-18-6-7-18/h12,17-18H,6-11H2,1-5H3,(H,21,24)/p+1/t17-/m1/s1. The quantitative estimate of drug-likeness (QED) is 0.763. The van der Waals surface area contributed by atoms with Crippen molar-refractivity contribution in [3.05, 3.63) is 28.3 Å². The van der Waals surface area contributed by atoms with Crippen LogP contribution in [-0.4, -0.2) is 56.9 Å². The predicted octanol–water partition coefficient (Wildman–Crippen LogP) is 0.477. The average molecular weight is 395 g/mol. The second-order valence-corrected chi connectivity index (χ2v) is 10.0. The van der Waals surface area contributed by atoms with Crippen LogP contribution in [0.3, 0.4) is 0 Å². The first kappa shape index (κ1) is 20.3. The molecule has 150 valence electrons. The molecule has 1 heterocycles. The van der Waals surface area contributed by atoms with E-state index in [1.807, 2.05) is 40.7 Å². The summed E-state index contributed by atoms with van der Waals surface area (Å²) in [6.07, 6.45) is 2.16. The molecule has 1 aliphatic heterocycles. The Bertz CT molecular complexity index is 812. The van der Waals surface area contributed by atoms with E-state index in [1.54, 1.807) is 4.31 Å². The molecule has 2 N–H and O–H groups in total. The highest BCUT2D eigenvalue weighted by atomic mass is 32.2. The Labute approximate surface area is 163 Å². The normalized spacial score (nSPS) is 20.5. The lowest BCUT2D eigenvalue weighted by molar-refractivity contribution is -0.917. The first-order chi connectivity index (χ1) is 12.6. The molecule has 1 atom stereocenters. The Hall–Kier alpha value is -1.44. The third kappa shape index (κ3) is 4.05. The van der Waals surface area contributed by atoms with Crippen LogP contribution in [0.15, 0.2) is 11.0 Å². The lowest BCUT2D eigenvalue weighted by Gasteiger charge is -2.34. The van der Waals surface area contributed by atoms with Gasteiger partial charge in [0.2, 0.25) is 10.0 Å². The smallest absolute Gasteiger partial charge is 0.278 e. The van der Waals surface area contributed by atoms with Crippen LogP contribution < -0.4 is 10.2 Å². The first-order valence-electron chi connectivity index (χ1n) is 9.85. The first-order valence-corrected chi connectivity index (χ1v) is 11.3. The number of piperazine rings is 1. The van der Waals surface area contributed by atoms with Crippen molar-refractivity contribution in [2.24, 2.45) is 0 Å². The summed E-state index contributed by atoms with van der Waals surface area (Å²) in [7, 11) is -3.53. The third-order valence-corrected chi connectivity index (χ3v) is 8.36. The molecular weight excluding hydrogens is 362 g/mol. The van der Waals surface area contributed by atoms with Crippen LogP contribution >= 0.6 is 0 Å². The number of rotatable bonds is 5. The molecule has 0 unspecified atom stereocenters. The number of nitrogens with zero attached hydrogens (tertiary/aromatic N) is 1. The number of benzene rings is 1. The van der Waals surface area contributed by atoms with Gasteiger partial charge in [0.1, 0.15) is 0 Å². The van der Waals surface area contributed by atoms with E-state index in [2.05, 4.69) is 5.32 Å². The van der Waals surface area contributed by atoms with Gasteiger partial charge in [0.25, 0.3) is 5.91 Å². The van der Waals surface area contributed by atoms with Crippen molar-refractivity contribution in [2.45, 2.75) is 64.4 Å². The van der Waals surface area contributed by atoms with Crippen LogP contribution in [0.4, 0.5) is 0 Å². The van der Waals surface area contributed by atoms with E-state index in [-0.39, 0.29) is 11.9 Å². The van der Waals surface area contributed by atoms with Crippen molar-refractivity contribution in [3.8, 4) is 0 Å². The maximum Gasteiger partial charge on any atom is 0.278 e. The van der Waals surface area contributed by atoms with Crippen LogP contribution in [0.2, 0.25) is 0 Å². The molecule has 0 aromatic heterocycles. The maximum absolute atomic E-state index is 13.3. The Balaban J connectivity index is 1.73. The van der Waals surface area contributed by atoms with Gasteiger partial charge in [-0.3, -0.25) is 4.79 Å². The van der Waals surface area contributed by atoms with Crippen LogP contribution in [0.5, 0.6) is 0 Å². The number of sulfonamides is 1. The number of amides is 1. The number of hydrogen-bond acceptors (Lipinski definition) is 3. The summed E-state index contributed by atoms with van der Waals surface area (Å²) in [5, 5.41) is 3.05. The van der Waals surface area contributed by atoms with Gasteiger partial charge in [-0.25, -0.2) is 8.42 Å². The van der Waals surface area contributed by atoms with E-state index in [0.717, 1.165) is 40.0 Å². The largest absolute Gasteiger partial charge is 0.348 e. The van der Waals surface area contributed by atoms with Crippen molar-refractivity contribution in [1.82, 2.24) is 9.62 Å². The summed E-state index contributed by atoms with van der Waals surface area (Å²) in [5.41, 5.74) is 3.69. The summed E-state index contributed by atoms with van der Waals surface area (Å²) < 4.78 is 28.3. The SMILES string of the molecule is Cc1cc(C)c(C)c(S(=O)(=O)N2CC[NH+]([C@H](C)C(=O)NC3CC3)CC2)c1C. The molecule has 2 aliphatic rings. The fourth-order valence-corrected chi connectivity index (χ4v) is 5.90. The number of aryl methyl sites for hydroxylation is 2. The van der Waals surface area contributed by atoms with Crippen molar-refractivity contribution >= 4 is 15.9 Å². The minimum absolute atomic E-state index is 0.0878. The van der Waals surface area contributed by atoms with Gasteiger partial charge in [-0.15, -0.1) is 0 Å². The van der Waals surface area contributed by atoms with E-state index in [9.17, 15) is 13.2 Å². The molecule has 1 aromatic rings. The Morgan fingerprint density at radius 2 is 1.63 bits per heavy atom. The molecular formula is C20H32N3O3S+. The van der Waals surface area contributed by atoms with Crippen LogP contribution in [0, 0.1) is 27.7 Å². The molecule has 1 aliphatic carbocycles. The van der Waals surface area contributed by atoms with Crippen molar-refractivity contribution in [2.75, 3.05) is 26.2 Å². The fraction of sp³-hybridized carbons (Fsp3) is 0.650. The van der Waals surface area contributed by atoms with Gasteiger partial charge in [-0.2, -0.15) is 4.31 Å². The average Bonchev–Trinajstić information content (AvgIpc) is 3.43. The molecule has 27 heavy (non-hydrogen) atoms. The topological polar surface area (TPSA) is 70.9 Å². The Kier molecular flexibility index (Phi) is 5.66. The van der Waals surface area contributed by atoms with Gasteiger partial charge in [-0.1, -0.05) is 6.07 Å². The number of carbonyl (C=O) groups excluding carboxylic acids is 1. The molecule has 0 bridgehead atoms. The monoisotopic (exact) mass is 394 g/mol. The highest BCUT2D eigenvalue weighted by Gasteiger charge is 2.37. The molecule has 7 heteroatoms. The Morgan fingerprint density at radius 1 is 1.11 bits per heavy atom. The maximum atomic E-state index is 13.3. The lowest BCUT2D eigenvalue weighted by atomic mass is 10.0. The number of carbonyl (C=O) groups is 1. The number of hydrogen-bond donors (Lipinski definition) is 2. The third-order valence-electron chi connectivity index (χ3n) is 6.19. The summed E-state index contributed by atoms with van der Waals surface area (Å²) in [5.74, 6) is 0.0878. The van der Waals surface area contributed by atoms with E-state index in [4.69, 9.17) is 0 Å². The minimum atomic E-state index is -3.53. The van der Waals surface area contributed by atoms with Gasteiger partial charge < -0.3 is 10.2 Å². The molecule has 3 rings (SSSR count). The summed E-state index contributed by atoms with van der Waals surface area (Å²) in [6, 6.07) is 2.27. The molecule has 1 saturated heterocycles. The molecule has 1 amide bonds. The fourth-order valence-electron chi connectivity index (χ4n) is 3.88. The zero-order valence-corrected chi connectivity index (χ0v) is 17.9. The lowest BCUT2D eigenvalue weighted by Crippen LogP contribution is -3.19. The molecule has 0 radical (unpaired) electrons. The van der Waals surface area contributed by atoms with Gasteiger partial charge in [-0.05, 0) is 69.7 Å². The van der Waals surface area contributed by atoms with Crippen LogP contribution in [0.1, 0.15) is 42.0 Å². The minimum Gasteiger partial charge on any atom is -0.348 e. The zero-order chi connectivity index (χ0) is 19.9. The van der Waals surface area contributed by atoms with Crippen LogP contribution in [-0.2, 0) is 14.8 Å². The molecule has 6 nitrogen and oxygen atoms in total. The highest BCUT2D eigenvalue weighted by molar-refractivity contribution is 7.89.